The molecule has 0 bridgehead atoms. The van der Waals surface area contributed by atoms with Gasteiger partial charge in [0.25, 0.3) is 0 Å². The molecule has 1 heterocycles. The van der Waals surface area contributed by atoms with Crippen LogP contribution >= 0.6 is 34.5 Å². The zero-order chi connectivity index (χ0) is 13.1. The summed E-state index contributed by atoms with van der Waals surface area (Å²) in [5.74, 6) is 0.595. The van der Waals surface area contributed by atoms with Crippen molar-refractivity contribution >= 4 is 34.5 Å². The van der Waals surface area contributed by atoms with Crippen LogP contribution in [0.4, 0.5) is 0 Å². The van der Waals surface area contributed by atoms with Crippen LogP contribution in [0.2, 0.25) is 10.0 Å². The van der Waals surface area contributed by atoms with Gasteiger partial charge in [-0.05, 0) is 30.1 Å². The van der Waals surface area contributed by atoms with Crippen LogP contribution in [0.15, 0.2) is 23.6 Å². The Bertz CT molecular complexity index is 554. The highest BCUT2D eigenvalue weighted by atomic mass is 35.5. The lowest BCUT2D eigenvalue weighted by Crippen LogP contribution is -2.03. The van der Waals surface area contributed by atoms with Gasteiger partial charge in [-0.15, -0.1) is 11.3 Å². The molecule has 0 fully saturated rings. The molecule has 1 aromatic heterocycles. The van der Waals surface area contributed by atoms with E-state index in [1.807, 2.05) is 13.1 Å². The van der Waals surface area contributed by atoms with Gasteiger partial charge >= 0.3 is 0 Å². The highest BCUT2D eigenvalue weighted by molar-refractivity contribution is 7.13. The molecule has 0 amide bonds. The molecule has 1 aromatic carbocycles. The summed E-state index contributed by atoms with van der Waals surface area (Å²) in [6.07, 6.45) is 0. The fraction of sp³-hybridized carbons (Fsp3) is 0.231. The maximum Gasteiger partial charge on any atom is 0.138 e. The number of methoxy groups -OCH3 is 1. The van der Waals surface area contributed by atoms with Crippen molar-refractivity contribution in [2.75, 3.05) is 14.2 Å². The van der Waals surface area contributed by atoms with E-state index in [4.69, 9.17) is 27.9 Å². The molecule has 0 aliphatic heterocycles. The van der Waals surface area contributed by atoms with Crippen LogP contribution in [0.3, 0.4) is 0 Å². The van der Waals surface area contributed by atoms with E-state index in [0.717, 1.165) is 17.0 Å². The molecule has 2 aromatic rings. The summed E-state index contributed by atoms with van der Waals surface area (Å²) in [4.78, 5) is 1.11. The van der Waals surface area contributed by atoms with Crippen LogP contribution in [0.5, 0.6) is 5.75 Å². The number of ether oxygens (including phenoxy) is 1. The molecule has 1 N–H and O–H groups in total. The lowest BCUT2D eigenvalue weighted by Gasteiger charge is -2.07. The van der Waals surface area contributed by atoms with Gasteiger partial charge in [-0.25, -0.2) is 0 Å². The smallest absolute Gasteiger partial charge is 0.138 e. The predicted octanol–water partition coefficient (Wildman–Crippen LogP) is 4.45. The first-order chi connectivity index (χ1) is 8.65. The third-order valence-corrected chi connectivity index (χ3v) is 4.16. The second-order valence-electron chi connectivity index (χ2n) is 3.82. The van der Waals surface area contributed by atoms with Gasteiger partial charge in [-0.2, -0.15) is 0 Å². The number of hydrogen-bond acceptors (Lipinski definition) is 3. The third-order valence-electron chi connectivity index (χ3n) is 2.54. The minimum atomic E-state index is 0.570. The van der Waals surface area contributed by atoms with Crippen LogP contribution in [-0.4, -0.2) is 14.2 Å². The highest BCUT2D eigenvalue weighted by Crippen LogP contribution is 2.39. The van der Waals surface area contributed by atoms with E-state index in [2.05, 4.69) is 16.8 Å². The quantitative estimate of drug-likeness (QED) is 0.901. The van der Waals surface area contributed by atoms with Crippen LogP contribution in [0, 0.1) is 0 Å². The van der Waals surface area contributed by atoms with E-state index in [1.54, 1.807) is 24.5 Å². The summed E-state index contributed by atoms with van der Waals surface area (Å²) < 4.78 is 5.14. The lowest BCUT2D eigenvalue weighted by molar-refractivity contribution is 0.415. The minimum Gasteiger partial charge on any atom is -0.495 e. The zero-order valence-corrected chi connectivity index (χ0v) is 12.4. The maximum absolute atomic E-state index is 6.25. The van der Waals surface area contributed by atoms with Gasteiger partial charge < -0.3 is 10.1 Å². The van der Waals surface area contributed by atoms with E-state index in [9.17, 15) is 0 Å². The van der Waals surface area contributed by atoms with Gasteiger partial charge in [0.1, 0.15) is 5.75 Å². The van der Waals surface area contributed by atoms with Crippen LogP contribution in [0.1, 0.15) is 5.56 Å². The van der Waals surface area contributed by atoms with Gasteiger partial charge in [-0.3, -0.25) is 0 Å². The average molecular weight is 302 g/mol. The first-order valence-corrected chi connectivity index (χ1v) is 7.04. The maximum atomic E-state index is 6.25. The Morgan fingerprint density at radius 3 is 2.67 bits per heavy atom. The minimum absolute atomic E-state index is 0.570. The second kappa shape index (κ2) is 5.93. The molecule has 96 valence electrons. The van der Waals surface area contributed by atoms with Crippen molar-refractivity contribution in [1.29, 1.82) is 0 Å². The lowest BCUT2D eigenvalue weighted by atomic mass is 10.1. The van der Waals surface area contributed by atoms with Crippen LogP contribution < -0.4 is 10.1 Å². The molecule has 0 atom stereocenters. The Labute approximate surface area is 120 Å². The van der Waals surface area contributed by atoms with Crippen molar-refractivity contribution in [1.82, 2.24) is 5.32 Å². The predicted molar refractivity (Wildman–Crippen MR) is 79.1 cm³/mol. The number of thiophene rings is 1. The van der Waals surface area contributed by atoms with Crippen molar-refractivity contribution in [2.45, 2.75) is 6.54 Å². The van der Waals surface area contributed by atoms with Crippen molar-refractivity contribution in [3.63, 3.8) is 0 Å². The van der Waals surface area contributed by atoms with Gasteiger partial charge in [0.15, 0.2) is 0 Å². The average Bonchev–Trinajstić information content (AvgIpc) is 2.80. The number of nitrogens with one attached hydrogen (secondary N) is 1. The summed E-state index contributed by atoms with van der Waals surface area (Å²) in [6, 6.07) is 5.71. The monoisotopic (exact) mass is 301 g/mol. The Balaban J connectivity index is 2.40. The molecule has 0 aliphatic rings. The summed E-state index contributed by atoms with van der Waals surface area (Å²) >= 11 is 14.0. The normalized spacial score (nSPS) is 10.7. The molecule has 0 saturated carbocycles. The summed E-state index contributed by atoms with van der Waals surface area (Å²) in [5.41, 5.74) is 2.18. The molecule has 5 heteroatoms. The number of hydrogen-bond donors (Lipinski definition) is 1. The Morgan fingerprint density at radius 2 is 2.00 bits per heavy atom. The van der Waals surface area contributed by atoms with E-state index < -0.39 is 0 Å². The fourth-order valence-corrected chi connectivity index (χ4v) is 3.18. The topological polar surface area (TPSA) is 21.3 Å². The molecule has 0 aliphatic carbocycles. The van der Waals surface area contributed by atoms with E-state index >= 15 is 0 Å². The summed E-state index contributed by atoms with van der Waals surface area (Å²) in [7, 11) is 3.50. The molecule has 0 unspecified atom stereocenters. The molecule has 2 nitrogen and oxygen atoms in total. The Hall–Kier alpha value is -0.740. The summed E-state index contributed by atoms with van der Waals surface area (Å²) in [5, 5.41) is 6.45. The molecular formula is C13H13Cl2NOS. The molecule has 0 radical (unpaired) electrons. The van der Waals surface area contributed by atoms with E-state index in [0.29, 0.717) is 15.8 Å². The molecule has 0 saturated heterocycles. The van der Waals surface area contributed by atoms with Gasteiger partial charge in [-0.1, -0.05) is 23.2 Å². The largest absolute Gasteiger partial charge is 0.495 e. The van der Waals surface area contributed by atoms with E-state index in [1.165, 1.54) is 5.56 Å². The van der Waals surface area contributed by atoms with Gasteiger partial charge in [0.2, 0.25) is 0 Å². The van der Waals surface area contributed by atoms with Crippen molar-refractivity contribution in [3.8, 4) is 16.2 Å². The first kappa shape index (κ1) is 13.7. The number of halogens is 2. The molecule has 18 heavy (non-hydrogen) atoms. The third kappa shape index (κ3) is 2.81. The van der Waals surface area contributed by atoms with Crippen molar-refractivity contribution in [2.24, 2.45) is 0 Å². The fourth-order valence-electron chi connectivity index (χ4n) is 1.69. The number of benzene rings is 1. The van der Waals surface area contributed by atoms with Gasteiger partial charge in [0, 0.05) is 23.1 Å². The second-order valence-corrected chi connectivity index (χ2v) is 5.54. The first-order valence-electron chi connectivity index (χ1n) is 5.41. The van der Waals surface area contributed by atoms with E-state index in [-0.39, 0.29) is 0 Å². The van der Waals surface area contributed by atoms with Crippen molar-refractivity contribution < 1.29 is 4.74 Å². The zero-order valence-electron chi connectivity index (χ0n) is 10.1. The SMILES string of the molecule is CNCc1csc(-c2cc(Cl)c(OC)cc2Cl)c1. The standard InChI is InChI=1S/C13H13Cl2NOS/c1-16-6-8-3-13(18-7-8)9-4-11(15)12(17-2)5-10(9)14/h3-5,7,16H,6H2,1-2H3. The Morgan fingerprint density at radius 1 is 1.22 bits per heavy atom. The Kier molecular flexibility index (Phi) is 4.51. The molecular weight excluding hydrogens is 289 g/mol. The molecule has 2 rings (SSSR count). The van der Waals surface area contributed by atoms with Gasteiger partial charge in [0.05, 0.1) is 17.2 Å². The highest BCUT2D eigenvalue weighted by Gasteiger charge is 2.11. The van der Waals surface area contributed by atoms with Crippen molar-refractivity contribution in [3.05, 3.63) is 39.2 Å². The van der Waals surface area contributed by atoms with Crippen LogP contribution in [-0.2, 0) is 6.54 Å². The van der Waals surface area contributed by atoms with Crippen LogP contribution in [0.25, 0.3) is 10.4 Å². The summed E-state index contributed by atoms with van der Waals surface area (Å²) in [6.45, 7) is 0.845. The molecule has 0 spiro atoms. The number of rotatable bonds is 4.